The molecule has 1 fully saturated rings. The van der Waals surface area contributed by atoms with Crippen molar-refractivity contribution in [3.63, 3.8) is 0 Å². The maximum Gasteiger partial charge on any atom is 0.334 e. The summed E-state index contributed by atoms with van der Waals surface area (Å²) in [6, 6.07) is 14.3. The molecule has 42 heavy (non-hydrogen) atoms. The van der Waals surface area contributed by atoms with Crippen molar-refractivity contribution in [2.75, 3.05) is 56.6 Å². The molecule has 2 amide bonds. The number of nitrogens with zero attached hydrogens (tertiary/aromatic N) is 2. The van der Waals surface area contributed by atoms with Crippen LogP contribution in [0.25, 0.3) is 0 Å². The quantitative estimate of drug-likeness (QED) is 0.266. The first-order chi connectivity index (χ1) is 20.2. The van der Waals surface area contributed by atoms with Crippen LogP contribution in [0.15, 0.2) is 71.1 Å². The lowest BCUT2D eigenvalue weighted by Crippen LogP contribution is -2.34. The Morgan fingerprint density at radius 3 is 2.36 bits per heavy atom. The summed E-state index contributed by atoms with van der Waals surface area (Å²) in [6.45, 7) is 8.33. The van der Waals surface area contributed by atoms with Gasteiger partial charge in [-0.05, 0) is 69.6 Å². The first kappa shape index (κ1) is 30.4. The number of urea groups is 1. The maximum absolute atomic E-state index is 12.6. The van der Waals surface area contributed by atoms with E-state index in [9.17, 15) is 24.6 Å². The molecule has 0 radical (unpaired) electrons. The van der Waals surface area contributed by atoms with E-state index in [1.165, 1.54) is 0 Å². The van der Waals surface area contributed by atoms with Gasteiger partial charge in [-0.3, -0.25) is 0 Å². The standard InChI is InChI=1S/C31H39N5O6/c1-20-26(29(37)38)28(27(30(39)40)21(2)33-20)22-9-6-10-23(19-22)34-31(41)32-13-7-14-35-15-8-16-36(18-17-35)24-11-4-5-12-25(24)42-3/h4-6,9-12,19,28,33H,7-8,13-18H2,1-3H3,(H,37,38)(H,39,40)(H2,32,34,41). The smallest absolute Gasteiger partial charge is 0.334 e. The minimum Gasteiger partial charge on any atom is -0.495 e. The molecule has 2 heterocycles. The van der Waals surface area contributed by atoms with Crippen LogP contribution in [0.5, 0.6) is 5.75 Å². The van der Waals surface area contributed by atoms with E-state index in [4.69, 9.17) is 4.74 Å². The Kier molecular flexibility index (Phi) is 10.1. The Bertz CT molecular complexity index is 1350. The summed E-state index contributed by atoms with van der Waals surface area (Å²) in [5.74, 6) is -2.52. The Morgan fingerprint density at radius 1 is 0.952 bits per heavy atom. The largest absolute Gasteiger partial charge is 0.495 e. The fraction of sp³-hybridized carbons (Fsp3) is 0.387. The van der Waals surface area contributed by atoms with Crippen molar-refractivity contribution < 1.29 is 29.3 Å². The zero-order valence-corrected chi connectivity index (χ0v) is 24.3. The molecular formula is C31H39N5O6. The lowest BCUT2D eigenvalue weighted by atomic mass is 9.80. The minimum absolute atomic E-state index is 0.0425. The van der Waals surface area contributed by atoms with E-state index >= 15 is 0 Å². The molecule has 11 nitrogen and oxygen atoms in total. The van der Waals surface area contributed by atoms with Crippen molar-refractivity contribution in [3.05, 3.63) is 76.6 Å². The summed E-state index contributed by atoms with van der Waals surface area (Å²) in [6.07, 6.45) is 1.82. The van der Waals surface area contributed by atoms with E-state index in [0.29, 0.717) is 29.2 Å². The number of carbonyl (C=O) groups excluding carboxylic acids is 1. The highest BCUT2D eigenvalue weighted by Gasteiger charge is 2.36. The van der Waals surface area contributed by atoms with Crippen LogP contribution in [0, 0.1) is 0 Å². The number of carboxylic acid groups (broad SMARTS) is 2. The second-order valence-corrected chi connectivity index (χ2v) is 10.5. The molecule has 2 aromatic rings. The van der Waals surface area contributed by atoms with Crippen LogP contribution in [-0.2, 0) is 9.59 Å². The van der Waals surface area contributed by atoms with Gasteiger partial charge in [0.2, 0.25) is 0 Å². The van der Waals surface area contributed by atoms with Gasteiger partial charge in [0.1, 0.15) is 5.75 Å². The Labute approximate surface area is 245 Å². The highest BCUT2D eigenvalue weighted by molar-refractivity contribution is 5.98. The second-order valence-electron chi connectivity index (χ2n) is 10.5. The number of nitrogens with one attached hydrogen (secondary N) is 3. The number of benzene rings is 2. The van der Waals surface area contributed by atoms with Crippen molar-refractivity contribution >= 4 is 29.3 Å². The third kappa shape index (κ3) is 7.22. The average molecular weight is 578 g/mol. The number of para-hydroxylation sites is 2. The first-order valence-electron chi connectivity index (χ1n) is 14.1. The highest BCUT2D eigenvalue weighted by Crippen LogP contribution is 2.39. The number of amides is 2. The van der Waals surface area contributed by atoms with Gasteiger partial charge in [-0.2, -0.15) is 0 Å². The molecule has 2 aliphatic rings. The zero-order valence-electron chi connectivity index (χ0n) is 24.3. The number of allylic oxidation sites excluding steroid dienone is 2. The maximum atomic E-state index is 12.6. The molecule has 2 aliphatic heterocycles. The van der Waals surface area contributed by atoms with E-state index in [1.807, 2.05) is 18.2 Å². The van der Waals surface area contributed by atoms with E-state index in [-0.39, 0.29) is 17.2 Å². The molecule has 0 spiro atoms. The number of carbonyl (C=O) groups is 3. The molecule has 0 unspecified atom stereocenters. The molecule has 0 saturated carbocycles. The monoisotopic (exact) mass is 577 g/mol. The van der Waals surface area contributed by atoms with Gasteiger partial charge in [0.15, 0.2) is 0 Å². The summed E-state index contributed by atoms with van der Waals surface area (Å²) >= 11 is 0. The SMILES string of the molecule is COc1ccccc1N1CCCN(CCCNC(=O)Nc2cccc(C3C(C(=O)O)=C(C)NC(C)=C3C(=O)O)c2)CC1. The summed E-state index contributed by atoms with van der Waals surface area (Å²) in [7, 11) is 1.69. The molecule has 224 valence electrons. The van der Waals surface area contributed by atoms with Crippen LogP contribution in [0.1, 0.15) is 38.2 Å². The van der Waals surface area contributed by atoms with E-state index in [1.54, 1.807) is 45.2 Å². The molecule has 11 heteroatoms. The van der Waals surface area contributed by atoms with Crippen LogP contribution in [0.4, 0.5) is 16.2 Å². The molecular weight excluding hydrogens is 538 g/mol. The predicted octanol–water partition coefficient (Wildman–Crippen LogP) is 3.82. The number of ether oxygens (including phenoxy) is 1. The van der Waals surface area contributed by atoms with E-state index in [0.717, 1.165) is 57.0 Å². The van der Waals surface area contributed by atoms with Gasteiger partial charge in [0.25, 0.3) is 0 Å². The lowest BCUT2D eigenvalue weighted by molar-refractivity contribution is -0.133. The molecule has 5 N–H and O–H groups in total. The Balaban J connectivity index is 1.30. The van der Waals surface area contributed by atoms with Gasteiger partial charge in [0.05, 0.1) is 29.9 Å². The highest BCUT2D eigenvalue weighted by atomic mass is 16.5. The fourth-order valence-corrected chi connectivity index (χ4v) is 5.70. The number of anilines is 2. The van der Waals surface area contributed by atoms with Crippen molar-refractivity contribution in [1.29, 1.82) is 0 Å². The number of dihydropyridines is 1. The van der Waals surface area contributed by atoms with Crippen LogP contribution < -0.4 is 25.6 Å². The topological polar surface area (TPSA) is 143 Å². The fourth-order valence-electron chi connectivity index (χ4n) is 5.70. The second kappa shape index (κ2) is 13.9. The predicted molar refractivity (Wildman–Crippen MR) is 161 cm³/mol. The lowest BCUT2D eigenvalue weighted by Gasteiger charge is -2.29. The van der Waals surface area contributed by atoms with E-state index in [2.05, 4.69) is 31.8 Å². The first-order valence-corrected chi connectivity index (χ1v) is 14.1. The van der Waals surface area contributed by atoms with Crippen LogP contribution in [-0.4, -0.2) is 79.5 Å². The Morgan fingerprint density at radius 2 is 1.67 bits per heavy atom. The van der Waals surface area contributed by atoms with Crippen LogP contribution in [0.3, 0.4) is 0 Å². The zero-order chi connectivity index (χ0) is 30.2. The minimum atomic E-state index is -1.20. The van der Waals surface area contributed by atoms with Gasteiger partial charge in [0, 0.05) is 43.3 Å². The number of aliphatic carboxylic acids is 2. The number of methoxy groups -OCH3 is 1. The van der Waals surface area contributed by atoms with Crippen molar-refractivity contribution in [2.45, 2.75) is 32.6 Å². The third-order valence-electron chi connectivity index (χ3n) is 7.65. The van der Waals surface area contributed by atoms with Crippen LogP contribution >= 0.6 is 0 Å². The summed E-state index contributed by atoms with van der Waals surface area (Å²) < 4.78 is 5.53. The van der Waals surface area contributed by atoms with Crippen molar-refractivity contribution in [1.82, 2.24) is 15.5 Å². The van der Waals surface area contributed by atoms with Gasteiger partial charge in [-0.15, -0.1) is 0 Å². The number of rotatable bonds is 10. The van der Waals surface area contributed by atoms with Gasteiger partial charge in [-0.25, -0.2) is 14.4 Å². The number of carboxylic acids is 2. The van der Waals surface area contributed by atoms with Crippen LogP contribution in [0.2, 0.25) is 0 Å². The molecule has 2 aromatic carbocycles. The summed E-state index contributed by atoms with van der Waals surface area (Å²) in [4.78, 5) is 41.5. The van der Waals surface area contributed by atoms with Gasteiger partial charge in [-0.1, -0.05) is 24.3 Å². The molecule has 0 bridgehead atoms. The number of hydrogen-bond donors (Lipinski definition) is 5. The molecule has 0 aromatic heterocycles. The molecule has 0 aliphatic carbocycles. The molecule has 1 saturated heterocycles. The molecule has 0 atom stereocenters. The third-order valence-corrected chi connectivity index (χ3v) is 7.65. The van der Waals surface area contributed by atoms with E-state index < -0.39 is 17.9 Å². The number of hydrogen-bond acceptors (Lipinski definition) is 7. The Hall–Kier alpha value is -4.51. The van der Waals surface area contributed by atoms with Crippen molar-refractivity contribution in [3.8, 4) is 5.75 Å². The van der Waals surface area contributed by atoms with Gasteiger partial charge < -0.3 is 40.7 Å². The summed E-state index contributed by atoms with van der Waals surface area (Å²) in [5, 5.41) is 28.2. The van der Waals surface area contributed by atoms with Gasteiger partial charge >= 0.3 is 18.0 Å². The average Bonchev–Trinajstić information content (AvgIpc) is 3.20. The normalized spacial score (nSPS) is 16.5. The summed E-state index contributed by atoms with van der Waals surface area (Å²) in [5.41, 5.74) is 2.69. The molecule has 4 rings (SSSR count). The van der Waals surface area contributed by atoms with Crippen molar-refractivity contribution in [2.24, 2.45) is 0 Å².